The number of hydrogen-bond donors (Lipinski definition) is 2. The summed E-state index contributed by atoms with van der Waals surface area (Å²) in [5.41, 5.74) is -0.202. The molecule has 0 saturated carbocycles. The second-order valence-electron chi connectivity index (χ2n) is 4.04. The van der Waals surface area contributed by atoms with Crippen molar-refractivity contribution in [3.8, 4) is 5.75 Å². The Morgan fingerprint density at radius 3 is 2.55 bits per heavy atom. The van der Waals surface area contributed by atoms with Gasteiger partial charge in [0.15, 0.2) is 0 Å². The summed E-state index contributed by atoms with van der Waals surface area (Å²) >= 11 is 5.77. The third-order valence-electron chi connectivity index (χ3n) is 2.49. The van der Waals surface area contributed by atoms with E-state index in [0.717, 1.165) is 6.08 Å². The van der Waals surface area contributed by atoms with Gasteiger partial charge < -0.3 is 15.2 Å². The molecule has 120 valence electrons. The molecule has 0 aliphatic carbocycles. The monoisotopic (exact) mass is 337 g/mol. The van der Waals surface area contributed by atoms with E-state index in [-0.39, 0.29) is 16.3 Å². The summed E-state index contributed by atoms with van der Waals surface area (Å²) in [6, 6.07) is 4.36. The van der Waals surface area contributed by atoms with E-state index in [1.807, 2.05) is 0 Å². The molecule has 1 aromatic carbocycles. The number of carboxylic acid groups (broad SMARTS) is 1. The zero-order chi connectivity index (χ0) is 16.9. The quantitative estimate of drug-likeness (QED) is 0.809. The zero-order valence-corrected chi connectivity index (χ0v) is 12.0. The number of ether oxygens (including phenoxy) is 1. The van der Waals surface area contributed by atoms with Crippen molar-refractivity contribution in [2.24, 2.45) is 0 Å². The number of aliphatic carboxylic acids is 1. The highest BCUT2D eigenvalue weighted by Gasteiger charge is 2.38. The molecule has 0 fully saturated rings. The number of methoxy groups -OCH3 is 1. The molecule has 0 saturated heterocycles. The first-order valence-electron chi connectivity index (χ1n) is 5.77. The van der Waals surface area contributed by atoms with Crippen LogP contribution >= 0.6 is 11.6 Å². The SMILES string of the molecule is COc1ccc(Cl)cc1/C=C(\CNC(=O)C(F)(F)F)C(=O)O. The smallest absolute Gasteiger partial charge is 0.471 e. The van der Waals surface area contributed by atoms with Crippen molar-refractivity contribution in [1.29, 1.82) is 0 Å². The first-order valence-corrected chi connectivity index (χ1v) is 6.15. The molecule has 2 N–H and O–H groups in total. The highest BCUT2D eigenvalue weighted by atomic mass is 35.5. The van der Waals surface area contributed by atoms with Crippen LogP contribution in [0.1, 0.15) is 5.56 Å². The van der Waals surface area contributed by atoms with Gasteiger partial charge in [0.2, 0.25) is 0 Å². The molecule has 0 unspecified atom stereocenters. The minimum atomic E-state index is -5.09. The van der Waals surface area contributed by atoms with E-state index in [2.05, 4.69) is 0 Å². The third kappa shape index (κ3) is 4.96. The van der Waals surface area contributed by atoms with Gasteiger partial charge in [0, 0.05) is 10.6 Å². The van der Waals surface area contributed by atoms with Crippen LogP contribution in [0.4, 0.5) is 13.2 Å². The van der Waals surface area contributed by atoms with Gasteiger partial charge in [-0.2, -0.15) is 13.2 Å². The van der Waals surface area contributed by atoms with Gasteiger partial charge in [0.25, 0.3) is 0 Å². The van der Waals surface area contributed by atoms with E-state index >= 15 is 0 Å². The van der Waals surface area contributed by atoms with Gasteiger partial charge in [-0.1, -0.05) is 11.6 Å². The summed E-state index contributed by atoms with van der Waals surface area (Å²) in [5, 5.41) is 10.8. The number of halogens is 4. The lowest BCUT2D eigenvalue weighted by Gasteiger charge is -2.10. The number of hydrogen-bond acceptors (Lipinski definition) is 3. The van der Waals surface area contributed by atoms with Crippen molar-refractivity contribution in [2.45, 2.75) is 6.18 Å². The fourth-order valence-electron chi connectivity index (χ4n) is 1.47. The predicted molar refractivity (Wildman–Crippen MR) is 72.7 cm³/mol. The first kappa shape index (κ1) is 17.8. The van der Waals surface area contributed by atoms with Gasteiger partial charge in [-0.05, 0) is 24.3 Å². The summed E-state index contributed by atoms with van der Waals surface area (Å²) in [6.07, 6.45) is -4.01. The average Bonchev–Trinajstić information content (AvgIpc) is 2.41. The van der Waals surface area contributed by atoms with Crippen LogP contribution < -0.4 is 10.1 Å². The molecule has 0 aliphatic heterocycles. The average molecular weight is 338 g/mol. The molecule has 22 heavy (non-hydrogen) atoms. The molecule has 9 heteroatoms. The lowest BCUT2D eigenvalue weighted by Crippen LogP contribution is -2.38. The van der Waals surface area contributed by atoms with Gasteiger partial charge >= 0.3 is 18.1 Å². The van der Waals surface area contributed by atoms with Crippen LogP contribution in [0.5, 0.6) is 5.75 Å². The standard InChI is InChI=1S/C13H11ClF3NO4/c1-22-10-3-2-9(14)5-7(10)4-8(11(19)20)6-18-12(21)13(15,16)17/h2-5H,6H2,1H3,(H,18,21)(H,19,20)/b8-4+. The van der Waals surface area contributed by atoms with Crippen LogP contribution in [0.15, 0.2) is 23.8 Å². The number of carboxylic acids is 1. The highest BCUT2D eigenvalue weighted by molar-refractivity contribution is 6.30. The Morgan fingerprint density at radius 2 is 2.05 bits per heavy atom. The lowest BCUT2D eigenvalue weighted by atomic mass is 10.1. The Balaban J connectivity index is 3.03. The van der Waals surface area contributed by atoms with Crippen LogP contribution in [0.25, 0.3) is 6.08 Å². The molecule has 5 nitrogen and oxygen atoms in total. The summed E-state index contributed by atoms with van der Waals surface area (Å²) in [6.45, 7) is -0.802. The Bertz CT molecular complexity index is 614. The molecular formula is C13H11ClF3NO4. The summed E-state index contributed by atoms with van der Waals surface area (Å²) in [5.74, 6) is -3.42. The van der Waals surface area contributed by atoms with E-state index < -0.39 is 30.2 Å². The molecule has 0 heterocycles. The van der Waals surface area contributed by atoms with Crippen LogP contribution in [0.2, 0.25) is 5.02 Å². The van der Waals surface area contributed by atoms with Crippen molar-refractivity contribution in [2.75, 3.05) is 13.7 Å². The third-order valence-corrected chi connectivity index (χ3v) is 2.73. The topological polar surface area (TPSA) is 75.6 Å². The molecule has 1 aromatic rings. The van der Waals surface area contributed by atoms with E-state index in [0.29, 0.717) is 0 Å². The number of carbonyl (C=O) groups excluding carboxylic acids is 1. The second-order valence-corrected chi connectivity index (χ2v) is 4.48. The van der Waals surface area contributed by atoms with Gasteiger partial charge in [-0.25, -0.2) is 4.79 Å². The molecule has 0 radical (unpaired) electrons. The van der Waals surface area contributed by atoms with E-state index in [9.17, 15) is 22.8 Å². The van der Waals surface area contributed by atoms with Crippen molar-refractivity contribution >= 4 is 29.6 Å². The first-order chi connectivity index (χ1) is 10.1. The molecule has 1 amide bonds. The molecule has 0 bridgehead atoms. The van der Waals surface area contributed by atoms with E-state index in [1.165, 1.54) is 30.6 Å². The van der Waals surface area contributed by atoms with Crippen LogP contribution in [0, 0.1) is 0 Å². The number of alkyl halides is 3. The van der Waals surface area contributed by atoms with E-state index in [4.69, 9.17) is 21.4 Å². The normalized spacial score (nSPS) is 12.0. The number of nitrogens with one attached hydrogen (secondary N) is 1. The molecule has 0 aliphatic rings. The zero-order valence-electron chi connectivity index (χ0n) is 11.2. The Hall–Kier alpha value is -2.22. The lowest BCUT2D eigenvalue weighted by molar-refractivity contribution is -0.173. The summed E-state index contributed by atoms with van der Waals surface area (Å²) in [7, 11) is 1.34. The van der Waals surface area contributed by atoms with Crippen molar-refractivity contribution in [3.63, 3.8) is 0 Å². The number of amides is 1. The van der Waals surface area contributed by atoms with Crippen LogP contribution in [-0.4, -0.2) is 36.8 Å². The largest absolute Gasteiger partial charge is 0.496 e. The fourth-order valence-corrected chi connectivity index (χ4v) is 1.65. The number of rotatable bonds is 5. The van der Waals surface area contributed by atoms with Gasteiger partial charge in [-0.15, -0.1) is 0 Å². The number of benzene rings is 1. The van der Waals surface area contributed by atoms with Gasteiger partial charge in [-0.3, -0.25) is 4.79 Å². The predicted octanol–water partition coefficient (Wildman–Crippen LogP) is 2.50. The minimum Gasteiger partial charge on any atom is -0.496 e. The Morgan fingerprint density at radius 1 is 1.41 bits per heavy atom. The minimum absolute atomic E-state index is 0.258. The second kappa shape index (κ2) is 7.17. The van der Waals surface area contributed by atoms with Crippen LogP contribution in [-0.2, 0) is 9.59 Å². The fraction of sp³-hybridized carbons (Fsp3) is 0.231. The maximum absolute atomic E-state index is 12.1. The molecule has 1 rings (SSSR count). The summed E-state index contributed by atoms with van der Waals surface area (Å²) in [4.78, 5) is 21.8. The summed E-state index contributed by atoms with van der Waals surface area (Å²) < 4.78 is 41.2. The molecule has 0 aromatic heterocycles. The Labute approximate surface area is 128 Å². The Kier molecular flexibility index (Phi) is 5.81. The molecular weight excluding hydrogens is 327 g/mol. The molecule has 0 atom stereocenters. The maximum Gasteiger partial charge on any atom is 0.471 e. The van der Waals surface area contributed by atoms with E-state index in [1.54, 1.807) is 0 Å². The van der Waals surface area contributed by atoms with Gasteiger partial charge in [0.05, 0.1) is 19.2 Å². The highest BCUT2D eigenvalue weighted by Crippen LogP contribution is 2.25. The van der Waals surface area contributed by atoms with Crippen molar-refractivity contribution in [1.82, 2.24) is 5.32 Å². The molecule has 0 spiro atoms. The van der Waals surface area contributed by atoms with Gasteiger partial charge in [0.1, 0.15) is 5.75 Å². The van der Waals surface area contributed by atoms with Crippen molar-refractivity contribution < 1.29 is 32.6 Å². The van der Waals surface area contributed by atoms with Crippen LogP contribution in [0.3, 0.4) is 0 Å². The van der Waals surface area contributed by atoms with Crippen molar-refractivity contribution in [3.05, 3.63) is 34.4 Å². The number of carbonyl (C=O) groups is 2. The maximum atomic E-state index is 12.1.